The minimum atomic E-state index is -2.33. The van der Waals surface area contributed by atoms with Gasteiger partial charge in [0.2, 0.25) is 0 Å². The molecule has 0 aliphatic rings. The molecular weight excluding hydrogens is 108 g/mol. The Morgan fingerprint density at radius 3 is 1.38 bits per heavy atom. The van der Waals surface area contributed by atoms with Gasteiger partial charge >= 0.3 is 0 Å². The van der Waals surface area contributed by atoms with Crippen LogP contribution >= 0.6 is 0 Å². The smallest absolute Gasteiger partial charge is 0.0431 e. The van der Waals surface area contributed by atoms with Gasteiger partial charge in [-0.1, -0.05) is 5.57 Å². The Bertz CT molecular complexity index is 65.7. The minimum absolute atomic E-state index is 1.17. The van der Waals surface area contributed by atoms with E-state index in [2.05, 4.69) is 6.58 Å². The molecule has 0 heterocycles. The van der Waals surface area contributed by atoms with Crippen LogP contribution in [-0.4, -0.2) is 6.16 Å². The molecule has 0 aromatic heterocycles. The zero-order chi connectivity index (χ0) is 7.15. The summed E-state index contributed by atoms with van der Waals surface area (Å²) >= 11 is 0. The highest BCUT2D eigenvalue weighted by Gasteiger charge is 1.51. The Labute approximate surface area is 48.3 Å². The monoisotopic (exact) mass is 116 g/mol. The summed E-state index contributed by atoms with van der Waals surface area (Å²) in [5, 5.41) is 16.7. The highest BCUT2D eigenvalue weighted by Crippen LogP contribution is 1.73. The Balaban J connectivity index is 0. The van der Waals surface area contributed by atoms with Crippen LogP contribution in [0.2, 0.25) is 0 Å². The molecule has 0 bridgehead atoms. The van der Waals surface area contributed by atoms with Gasteiger partial charge in [-0.05, 0) is 20.0 Å². The first-order valence-electron chi connectivity index (χ1n) is 1.97. The van der Waals surface area contributed by atoms with Crippen molar-refractivity contribution < 1.29 is 15.0 Å². The van der Waals surface area contributed by atoms with Gasteiger partial charge in [0.1, 0.15) is 0 Å². The Hall–Kier alpha value is -0.990. The SMILES string of the molecule is C=C(C)C.O=C([O-])[O-]. The molecule has 0 aliphatic heterocycles. The second-order valence-corrected chi connectivity index (χ2v) is 1.46. The molecule has 0 N–H and O–H groups in total. The summed E-state index contributed by atoms with van der Waals surface area (Å²) in [6.07, 6.45) is -2.33. The Kier molecular flexibility index (Phi) is 7.58. The van der Waals surface area contributed by atoms with Crippen LogP contribution in [0.3, 0.4) is 0 Å². The predicted molar refractivity (Wildman–Crippen MR) is 25.9 cm³/mol. The molecule has 0 amide bonds. The quantitative estimate of drug-likeness (QED) is 0.387. The molecule has 48 valence electrons. The van der Waals surface area contributed by atoms with Gasteiger partial charge < -0.3 is 15.0 Å². The predicted octanol–water partition coefficient (Wildman–Crippen LogP) is -0.865. The van der Waals surface area contributed by atoms with Crippen molar-refractivity contribution in [1.29, 1.82) is 0 Å². The van der Waals surface area contributed by atoms with Crippen LogP contribution < -0.4 is 10.2 Å². The second kappa shape index (κ2) is 6.01. The van der Waals surface area contributed by atoms with Crippen molar-refractivity contribution in [2.75, 3.05) is 0 Å². The van der Waals surface area contributed by atoms with Gasteiger partial charge in [0.15, 0.2) is 0 Å². The van der Waals surface area contributed by atoms with Gasteiger partial charge in [-0.15, -0.1) is 6.58 Å². The van der Waals surface area contributed by atoms with Gasteiger partial charge in [-0.3, -0.25) is 0 Å². The highest BCUT2D eigenvalue weighted by atomic mass is 16.6. The first-order valence-corrected chi connectivity index (χ1v) is 1.97. The van der Waals surface area contributed by atoms with Crippen LogP contribution in [-0.2, 0) is 0 Å². The molecule has 3 nitrogen and oxygen atoms in total. The third-order valence-corrected chi connectivity index (χ3v) is 0. The van der Waals surface area contributed by atoms with E-state index < -0.39 is 6.16 Å². The van der Waals surface area contributed by atoms with E-state index in [9.17, 15) is 0 Å². The van der Waals surface area contributed by atoms with Gasteiger partial charge in [0, 0.05) is 0 Å². The van der Waals surface area contributed by atoms with E-state index in [-0.39, 0.29) is 0 Å². The van der Waals surface area contributed by atoms with Crippen LogP contribution in [0.25, 0.3) is 0 Å². The van der Waals surface area contributed by atoms with Crippen LogP contribution in [0.15, 0.2) is 12.2 Å². The standard InChI is InChI=1S/C4H8.CH2O3/c1-4(2)3;2-1(3)4/h1H2,2-3H3;(H2,2,3,4)/p-2. The number of hydrogen-bond donors (Lipinski definition) is 0. The van der Waals surface area contributed by atoms with Crippen LogP contribution in [0.4, 0.5) is 4.79 Å². The molecule has 0 unspecified atom stereocenters. The van der Waals surface area contributed by atoms with Crippen LogP contribution in [0.1, 0.15) is 13.8 Å². The van der Waals surface area contributed by atoms with E-state index in [1.54, 1.807) is 0 Å². The first-order chi connectivity index (χ1) is 3.46. The largest absolute Gasteiger partial charge is 0.652 e. The summed E-state index contributed by atoms with van der Waals surface area (Å²) in [6, 6.07) is 0. The van der Waals surface area contributed by atoms with E-state index in [0.29, 0.717) is 0 Å². The molecule has 0 radical (unpaired) electrons. The summed E-state index contributed by atoms with van der Waals surface area (Å²) in [6.45, 7) is 7.50. The van der Waals surface area contributed by atoms with E-state index in [1.807, 2.05) is 13.8 Å². The maximum absolute atomic E-state index is 8.33. The van der Waals surface area contributed by atoms with Gasteiger partial charge in [0.05, 0.1) is 0 Å². The van der Waals surface area contributed by atoms with Crippen molar-refractivity contribution in [1.82, 2.24) is 0 Å². The number of carbonyl (C=O) groups excluding carboxylic acids is 1. The molecule has 0 aromatic rings. The lowest BCUT2D eigenvalue weighted by atomic mass is 10.4. The topological polar surface area (TPSA) is 63.2 Å². The number of carboxylic acid groups (broad SMARTS) is 2. The molecule has 0 aliphatic carbocycles. The summed E-state index contributed by atoms with van der Waals surface area (Å²) in [4.78, 5) is 8.33. The number of allylic oxidation sites excluding steroid dienone is 1. The Morgan fingerprint density at radius 1 is 1.38 bits per heavy atom. The lowest BCUT2D eigenvalue weighted by molar-refractivity contribution is -0.415. The highest BCUT2D eigenvalue weighted by molar-refractivity contribution is 5.47. The third-order valence-electron chi connectivity index (χ3n) is 0. The van der Waals surface area contributed by atoms with E-state index in [1.165, 1.54) is 5.57 Å². The van der Waals surface area contributed by atoms with E-state index >= 15 is 0 Å². The lowest BCUT2D eigenvalue weighted by Crippen LogP contribution is -2.37. The number of rotatable bonds is 0. The molecule has 3 heteroatoms. The average Bonchev–Trinajstić information content (AvgIpc) is 1.25. The van der Waals surface area contributed by atoms with Gasteiger partial charge in [0.25, 0.3) is 0 Å². The zero-order valence-electron chi connectivity index (χ0n) is 4.93. The Morgan fingerprint density at radius 2 is 1.38 bits per heavy atom. The maximum atomic E-state index is 8.33. The molecule has 0 saturated heterocycles. The van der Waals surface area contributed by atoms with Crippen molar-refractivity contribution in [3.63, 3.8) is 0 Å². The van der Waals surface area contributed by atoms with E-state index in [0.717, 1.165) is 0 Å². The van der Waals surface area contributed by atoms with Crippen molar-refractivity contribution in [2.45, 2.75) is 13.8 Å². The molecule has 0 fully saturated rings. The third kappa shape index (κ3) is 82.2. The summed E-state index contributed by atoms with van der Waals surface area (Å²) in [7, 11) is 0. The summed E-state index contributed by atoms with van der Waals surface area (Å²) in [5.74, 6) is 0. The van der Waals surface area contributed by atoms with Crippen LogP contribution in [0, 0.1) is 0 Å². The molecule has 0 saturated carbocycles. The molecule has 8 heavy (non-hydrogen) atoms. The van der Waals surface area contributed by atoms with Crippen molar-refractivity contribution in [3.8, 4) is 0 Å². The average molecular weight is 116 g/mol. The zero-order valence-corrected chi connectivity index (χ0v) is 4.93. The molecule has 0 atom stereocenters. The van der Waals surface area contributed by atoms with Crippen LogP contribution in [0.5, 0.6) is 0 Å². The fraction of sp³-hybridized carbons (Fsp3) is 0.400. The number of hydrogen-bond acceptors (Lipinski definition) is 3. The second-order valence-electron chi connectivity index (χ2n) is 1.46. The number of carbonyl (C=O) groups is 1. The van der Waals surface area contributed by atoms with Crippen molar-refractivity contribution >= 4 is 6.16 Å². The lowest BCUT2D eigenvalue weighted by Gasteiger charge is -1.96. The molecule has 0 rings (SSSR count). The minimum Gasteiger partial charge on any atom is -0.652 e. The first kappa shape index (κ1) is 10.1. The van der Waals surface area contributed by atoms with Gasteiger partial charge in [-0.25, -0.2) is 0 Å². The fourth-order valence-corrected chi connectivity index (χ4v) is 0. The van der Waals surface area contributed by atoms with Crippen molar-refractivity contribution in [3.05, 3.63) is 12.2 Å². The van der Waals surface area contributed by atoms with Gasteiger partial charge in [-0.2, -0.15) is 0 Å². The van der Waals surface area contributed by atoms with Crippen molar-refractivity contribution in [2.24, 2.45) is 0 Å². The normalized spacial score (nSPS) is 6.25. The molecular formula is C5H8O3-2. The fourth-order valence-electron chi connectivity index (χ4n) is 0. The van der Waals surface area contributed by atoms with E-state index in [4.69, 9.17) is 15.0 Å². The summed E-state index contributed by atoms with van der Waals surface area (Å²) in [5.41, 5.74) is 1.17. The molecule has 0 spiro atoms. The summed E-state index contributed by atoms with van der Waals surface area (Å²) < 4.78 is 0. The molecule has 0 aromatic carbocycles. The maximum Gasteiger partial charge on any atom is -0.0431 e.